The standard InChI is InChI=1S/C10H13BrN/c1-2-3-5-8-12-9-6-4-7-10(12)11/h2,4,6-7,9H,1,3,5,8H2/q+1. The fourth-order valence-electron chi connectivity index (χ4n) is 1.04. The zero-order valence-corrected chi connectivity index (χ0v) is 8.63. The highest BCUT2D eigenvalue weighted by molar-refractivity contribution is 9.10. The van der Waals surface area contributed by atoms with Crippen LogP contribution < -0.4 is 4.57 Å². The van der Waals surface area contributed by atoms with E-state index in [0.717, 1.165) is 24.0 Å². The van der Waals surface area contributed by atoms with Gasteiger partial charge in [-0.3, -0.25) is 0 Å². The lowest BCUT2D eigenvalue weighted by Crippen LogP contribution is -2.34. The SMILES string of the molecule is C=CCCC[n+]1ccccc1Br. The molecule has 0 aliphatic carbocycles. The largest absolute Gasteiger partial charge is 0.247 e. The molecule has 0 fully saturated rings. The summed E-state index contributed by atoms with van der Waals surface area (Å²) in [6, 6.07) is 6.11. The van der Waals surface area contributed by atoms with E-state index in [9.17, 15) is 0 Å². The van der Waals surface area contributed by atoms with Crippen LogP contribution in [0.2, 0.25) is 0 Å². The smallest absolute Gasteiger partial charge is 0.193 e. The number of nitrogens with zero attached hydrogens (tertiary/aromatic N) is 1. The van der Waals surface area contributed by atoms with E-state index in [1.165, 1.54) is 0 Å². The van der Waals surface area contributed by atoms with Crippen molar-refractivity contribution in [1.82, 2.24) is 0 Å². The Morgan fingerprint density at radius 1 is 1.50 bits per heavy atom. The van der Waals surface area contributed by atoms with Crippen molar-refractivity contribution < 1.29 is 4.57 Å². The number of hydrogen-bond acceptors (Lipinski definition) is 0. The first-order chi connectivity index (χ1) is 5.84. The Morgan fingerprint density at radius 3 is 3.00 bits per heavy atom. The van der Waals surface area contributed by atoms with Crippen LogP contribution in [0.1, 0.15) is 12.8 Å². The second kappa shape index (κ2) is 5.09. The highest BCUT2D eigenvalue weighted by Crippen LogP contribution is 2.01. The van der Waals surface area contributed by atoms with Crippen LogP contribution in [0.15, 0.2) is 41.7 Å². The Hall–Kier alpha value is -0.630. The second-order valence-electron chi connectivity index (χ2n) is 2.65. The van der Waals surface area contributed by atoms with E-state index >= 15 is 0 Å². The van der Waals surface area contributed by atoms with E-state index in [-0.39, 0.29) is 0 Å². The Balaban J connectivity index is 2.51. The van der Waals surface area contributed by atoms with Gasteiger partial charge in [0.25, 0.3) is 0 Å². The minimum Gasteiger partial charge on any atom is -0.193 e. The Labute approximate surface area is 81.9 Å². The molecule has 1 aromatic heterocycles. The molecule has 64 valence electrons. The Kier molecular flexibility index (Phi) is 4.01. The molecule has 1 rings (SSSR count). The minimum absolute atomic E-state index is 1.05. The molecule has 0 amide bonds. The number of pyridine rings is 1. The molecular formula is C10H13BrN+. The Morgan fingerprint density at radius 2 is 2.33 bits per heavy atom. The number of unbranched alkanes of at least 4 members (excludes halogenated alkanes) is 1. The molecule has 0 radical (unpaired) electrons. The van der Waals surface area contributed by atoms with Crippen LogP contribution in [0.5, 0.6) is 0 Å². The number of aryl methyl sites for hydroxylation is 1. The number of allylic oxidation sites excluding steroid dienone is 1. The summed E-state index contributed by atoms with van der Waals surface area (Å²) < 4.78 is 3.32. The summed E-state index contributed by atoms with van der Waals surface area (Å²) in [5, 5.41) is 0. The van der Waals surface area contributed by atoms with Gasteiger partial charge in [0.1, 0.15) is 6.54 Å². The molecule has 1 heterocycles. The first-order valence-corrected chi connectivity index (χ1v) is 4.89. The Bertz CT molecular complexity index is 258. The third-order valence-electron chi connectivity index (χ3n) is 1.69. The maximum Gasteiger partial charge on any atom is 0.247 e. The topological polar surface area (TPSA) is 3.88 Å². The highest BCUT2D eigenvalue weighted by atomic mass is 79.9. The average Bonchev–Trinajstić information content (AvgIpc) is 2.09. The molecule has 0 N–H and O–H groups in total. The summed E-state index contributed by atoms with van der Waals surface area (Å²) in [5.41, 5.74) is 0. The van der Waals surface area contributed by atoms with E-state index in [4.69, 9.17) is 0 Å². The molecule has 0 bridgehead atoms. The van der Waals surface area contributed by atoms with Crippen LogP contribution in [0.4, 0.5) is 0 Å². The molecule has 0 aliphatic heterocycles. The summed E-state index contributed by atoms with van der Waals surface area (Å²) in [4.78, 5) is 0. The molecule has 0 saturated heterocycles. The van der Waals surface area contributed by atoms with Gasteiger partial charge in [-0.25, -0.2) is 0 Å². The molecule has 2 heteroatoms. The van der Waals surface area contributed by atoms with E-state index in [2.05, 4.69) is 33.3 Å². The normalized spacial score (nSPS) is 9.75. The summed E-state index contributed by atoms with van der Waals surface area (Å²) in [7, 11) is 0. The quantitative estimate of drug-likeness (QED) is 0.322. The highest BCUT2D eigenvalue weighted by Gasteiger charge is 2.03. The van der Waals surface area contributed by atoms with Crippen molar-refractivity contribution in [3.63, 3.8) is 0 Å². The third kappa shape index (κ3) is 2.78. The molecule has 1 aromatic rings. The first-order valence-electron chi connectivity index (χ1n) is 4.09. The fraction of sp³-hybridized carbons (Fsp3) is 0.300. The third-order valence-corrected chi connectivity index (χ3v) is 2.41. The van der Waals surface area contributed by atoms with Crippen LogP contribution >= 0.6 is 15.9 Å². The van der Waals surface area contributed by atoms with Crippen LogP contribution in [0, 0.1) is 0 Å². The van der Waals surface area contributed by atoms with Gasteiger partial charge in [-0.15, -0.1) is 6.58 Å². The summed E-state index contributed by atoms with van der Waals surface area (Å²) in [6.07, 6.45) is 6.26. The number of hydrogen-bond donors (Lipinski definition) is 0. The molecule has 0 unspecified atom stereocenters. The van der Waals surface area contributed by atoms with Crippen molar-refractivity contribution >= 4 is 15.9 Å². The van der Waals surface area contributed by atoms with Crippen LogP contribution in [0.25, 0.3) is 0 Å². The molecular weight excluding hydrogens is 214 g/mol. The lowest BCUT2D eigenvalue weighted by molar-refractivity contribution is -0.707. The maximum atomic E-state index is 3.69. The van der Waals surface area contributed by atoms with Crippen LogP contribution in [-0.2, 0) is 6.54 Å². The maximum absolute atomic E-state index is 3.69. The fourth-order valence-corrected chi connectivity index (χ4v) is 1.49. The predicted molar refractivity (Wildman–Crippen MR) is 53.8 cm³/mol. The average molecular weight is 227 g/mol. The van der Waals surface area contributed by atoms with E-state index < -0.39 is 0 Å². The lowest BCUT2D eigenvalue weighted by Gasteiger charge is -1.96. The van der Waals surface area contributed by atoms with Crippen molar-refractivity contribution in [2.75, 3.05) is 0 Å². The van der Waals surface area contributed by atoms with Gasteiger partial charge in [0.15, 0.2) is 6.20 Å². The molecule has 12 heavy (non-hydrogen) atoms. The van der Waals surface area contributed by atoms with E-state index in [1.54, 1.807) is 0 Å². The molecule has 0 spiro atoms. The summed E-state index contributed by atoms with van der Waals surface area (Å²) >= 11 is 3.49. The van der Waals surface area contributed by atoms with Gasteiger partial charge in [0.2, 0.25) is 4.60 Å². The van der Waals surface area contributed by atoms with Gasteiger partial charge >= 0.3 is 0 Å². The van der Waals surface area contributed by atoms with Gasteiger partial charge in [0, 0.05) is 34.5 Å². The van der Waals surface area contributed by atoms with Gasteiger partial charge in [0.05, 0.1) is 0 Å². The van der Waals surface area contributed by atoms with Crippen molar-refractivity contribution in [2.24, 2.45) is 0 Å². The van der Waals surface area contributed by atoms with Crippen molar-refractivity contribution in [1.29, 1.82) is 0 Å². The van der Waals surface area contributed by atoms with Gasteiger partial charge < -0.3 is 0 Å². The van der Waals surface area contributed by atoms with Crippen LogP contribution in [-0.4, -0.2) is 0 Å². The molecule has 0 atom stereocenters. The first kappa shape index (κ1) is 9.46. The number of rotatable bonds is 4. The molecule has 0 aliphatic rings. The number of halogens is 1. The molecule has 1 nitrogen and oxygen atoms in total. The minimum atomic E-state index is 1.05. The zero-order valence-electron chi connectivity index (χ0n) is 7.04. The van der Waals surface area contributed by atoms with Crippen molar-refractivity contribution in [2.45, 2.75) is 19.4 Å². The second-order valence-corrected chi connectivity index (χ2v) is 3.46. The van der Waals surface area contributed by atoms with Gasteiger partial charge in [-0.1, -0.05) is 6.08 Å². The molecule has 0 saturated carbocycles. The van der Waals surface area contributed by atoms with E-state index in [1.807, 2.05) is 24.3 Å². The van der Waals surface area contributed by atoms with Gasteiger partial charge in [-0.2, -0.15) is 4.57 Å². The zero-order chi connectivity index (χ0) is 8.81. The van der Waals surface area contributed by atoms with Crippen molar-refractivity contribution in [3.05, 3.63) is 41.7 Å². The van der Waals surface area contributed by atoms with Gasteiger partial charge in [-0.05, 0) is 12.5 Å². The number of aromatic nitrogens is 1. The van der Waals surface area contributed by atoms with Crippen molar-refractivity contribution in [3.8, 4) is 0 Å². The summed E-state index contributed by atoms with van der Waals surface area (Å²) in [5.74, 6) is 0. The van der Waals surface area contributed by atoms with E-state index in [0.29, 0.717) is 0 Å². The lowest BCUT2D eigenvalue weighted by atomic mass is 10.3. The van der Waals surface area contributed by atoms with Crippen LogP contribution in [0.3, 0.4) is 0 Å². The molecule has 0 aromatic carbocycles. The monoisotopic (exact) mass is 226 g/mol. The predicted octanol–water partition coefficient (Wildman–Crippen LogP) is 2.70. The summed E-state index contributed by atoms with van der Waals surface area (Å²) in [6.45, 7) is 4.74.